The summed E-state index contributed by atoms with van der Waals surface area (Å²) in [5, 5.41) is 0. The van der Waals surface area contributed by atoms with Crippen molar-refractivity contribution in [2.75, 3.05) is 0 Å². The zero-order chi connectivity index (χ0) is 13.5. The molecular weight excluding hydrogens is 286 g/mol. The van der Waals surface area contributed by atoms with Crippen LogP contribution in [-0.2, 0) is 0 Å². The number of halogens is 1. The number of rotatable bonds is 7. The molecule has 0 aliphatic heterocycles. The molecule has 1 unspecified atom stereocenters. The molecule has 2 N–H and O–H groups in total. The molecule has 0 amide bonds. The van der Waals surface area contributed by atoms with Crippen LogP contribution in [0.1, 0.15) is 68.2 Å². The maximum absolute atomic E-state index is 6.31. The summed E-state index contributed by atoms with van der Waals surface area (Å²) in [5.74, 6) is 0. The first-order valence-corrected chi connectivity index (χ1v) is 7.87. The normalized spacial score (nSPS) is 12.7. The van der Waals surface area contributed by atoms with Crippen molar-refractivity contribution >= 4 is 15.9 Å². The van der Waals surface area contributed by atoms with Gasteiger partial charge in [-0.3, -0.25) is 0 Å². The molecule has 0 saturated carbocycles. The standard InChI is InChI=1S/C16H26BrN/c1-4-5-6-7-8-9-16(18)14-10-13(3)15(17)11-12(14)2/h10-11,16H,4-9,18H2,1-3H3. The molecule has 1 rings (SSSR count). The van der Waals surface area contributed by atoms with Gasteiger partial charge in [-0.15, -0.1) is 0 Å². The van der Waals surface area contributed by atoms with Crippen molar-refractivity contribution in [3.05, 3.63) is 33.3 Å². The van der Waals surface area contributed by atoms with Gasteiger partial charge < -0.3 is 5.73 Å². The van der Waals surface area contributed by atoms with Crippen LogP contribution >= 0.6 is 15.9 Å². The molecule has 0 fully saturated rings. The van der Waals surface area contributed by atoms with Crippen molar-refractivity contribution in [3.63, 3.8) is 0 Å². The van der Waals surface area contributed by atoms with Crippen molar-refractivity contribution < 1.29 is 0 Å². The molecule has 0 aromatic heterocycles. The average Bonchev–Trinajstić information content (AvgIpc) is 2.33. The quantitative estimate of drug-likeness (QED) is 0.668. The lowest BCUT2D eigenvalue weighted by molar-refractivity contribution is 0.554. The van der Waals surface area contributed by atoms with Gasteiger partial charge in [-0.1, -0.05) is 61.0 Å². The van der Waals surface area contributed by atoms with Gasteiger partial charge in [0.1, 0.15) is 0 Å². The highest BCUT2D eigenvalue weighted by Crippen LogP contribution is 2.26. The Kier molecular flexibility index (Phi) is 6.95. The summed E-state index contributed by atoms with van der Waals surface area (Å²) in [6.45, 7) is 6.52. The molecule has 0 saturated heterocycles. The third kappa shape index (κ3) is 4.74. The van der Waals surface area contributed by atoms with Gasteiger partial charge >= 0.3 is 0 Å². The Morgan fingerprint density at radius 3 is 2.39 bits per heavy atom. The van der Waals surface area contributed by atoms with E-state index in [2.05, 4.69) is 48.8 Å². The van der Waals surface area contributed by atoms with Crippen molar-refractivity contribution in [3.8, 4) is 0 Å². The predicted octanol–water partition coefficient (Wildman–Crippen LogP) is 5.43. The SMILES string of the molecule is CCCCCCCC(N)c1cc(C)c(Br)cc1C. The van der Waals surface area contributed by atoms with Crippen LogP contribution in [-0.4, -0.2) is 0 Å². The predicted molar refractivity (Wildman–Crippen MR) is 83.9 cm³/mol. The summed E-state index contributed by atoms with van der Waals surface area (Å²) in [7, 11) is 0. The van der Waals surface area contributed by atoms with E-state index in [0.29, 0.717) is 0 Å². The highest BCUT2D eigenvalue weighted by atomic mass is 79.9. The fourth-order valence-electron chi connectivity index (χ4n) is 2.33. The van der Waals surface area contributed by atoms with Crippen LogP contribution < -0.4 is 5.73 Å². The molecule has 0 aliphatic carbocycles. The lowest BCUT2D eigenvalue weighted by atomic mass is 9.95. The summed E-state index contributed by atoms with van der Waals surface area (Å²) < 4.78 is 1.18. The van der Waals surface area contributed by atoms with Crippen LogP contribution in [0.2, 0.25) is 0 Å². The highest BCUT2D eigenvalue weighted by Gasteiger charge is 2.10. The zero-order valence-corrected chi connectivity index (χ0v) is 13.5. The van der Waals surface area contributed by atoms with Crippen molar-refractivity contribution in [2.45, 2.75) is 65.3 Å². The highest BCUT2D eigenvalue weighted by molar-refractivity contribution is 9.10. The zero-order valence-electron chi connectivity index (χ0n) is 11.9. The van der Waals surface area contributed by atoms with Crippen LogP contribution in [0.3, 0.4) is 0 Å². The number of hydrogen-bond acceptors (Lipinski definition) is 1. The molecule has 0 spiro atoms. The number of nitrogens with two attached hydrogens (primary N) is 1. The van der Waals surface area contributed by atoms with Gasteiger partial charge in [0, 0.05) is 10.5 Å². The largest absolute Gasteiger partial charge is 0.324 e. The summed E-state index contributed by atoms with van der Waals surface area (Å²) >= 11 is 3.57. The molecular formula is C16H26BrN. The number of benzene rings is 1. The Hall–Kier alpha value is -0.340. The van der Waals surface area contributed by atoms with E-state index in [-0.39, 0.29) is 6.04 Å². The topological polar surface area (TPSA) is 26.0 Å². The van der Waals surface area contributed by atoms with Crippen LogP contribution in [0.25, 0.3) is 0 Å². The van der Waals surface area contributed by atoms with Gasteiger partial charge in [0.05, 0.1) is 0 Å². The Morgan fingerprint density at radius 2 is 1.72 bits per heavy atom. The van der Waals surface area contributed by atoms with Crippen molar-refractivity contribution in [1.29, 1.82) is 0 Å². The molecule has 0 aliphatic rings. The van der Waals surface area contributed by atoms with Crippen molar-refractivity contribution in [1.82, 2.24) is 0 Å². The minimum atomic E-state index is 0.193. The minimum Gasteiger partial charge on any atom is -0.324 e. The lowest BCUT2D eigenvalue weighted by Gasteiger charge is -2.16. The first kappa shape index (κ1) is 15.7. The van der Waals surface area contributed by atoms with Gasteiger partial charge in [-0.05, 0) is 43.0 Å². The summed E-state index contributed by atoms with van der Waals surface area (Å²) in [4.78, 5) is 0. The van der Waals surface area contributed by atoms with Gasteiger partial charge in [-0.2, -0.15) is 0 Å². The van der Waals surface area contributed by atoms with E-state index in [1.54, 1.807) is 0 Å². The maximum Gasteiger partial charge on any atom is 0.0297 e. The van der Waals surface area contributed by atoms with Gasteiger partial charge in [0.15, 0.2) is 0 Å². The molecule has 2 heteroatoms. The second-order valence-electron chi connectivity index (χ2n) is 5.27. The molecule has 1 aromatic rings. The van der Waals surface area contributed by atoms with E-state index in [9.17, 15) is 0 Å². The molecule has 1 atom stereocenters. The minimum absolute atomic E-state index is 0.193. The van der Waals surface area contributed by atoms with E-state index in [1.165, 1.54) is 53.3 Å². The smallest absolute Gasteiger partial charge is 0.0297 e. The molecule has 18 heavy (non-hydrogen) atoms. The number of unbranched alkanes of at least 4 members (excludes halogenated alkanes) is 4. The van der Waals surface area contributed by atoms with E-state index >= 15 is 0 Å². The van der Waals surface area contributed by atoms with Crippen LogP contribution in [0.15, 0.2) is 16.6 Å². The average molecular weight is 312 g/mol. The fraction of sp³-hybridized carbons (Fsp3) is 0.625. The van der Waals surface area contributed by atoms with Crippen molar-refractivity contribution in [2.24, 2.45) is 5.73 Å². The monoisotopic (exact) mass is 311 g/mol. The van der Waals surface area contributed by atoms with Gasteiger partial charge in [0.2, 0.25) is 0 Å². The first-order valence-electron chi connectivity index (χ1n) is 7.08. The van der Waals surface area contributed by atoms with E-state index < -0.39 is 0 Å². The Labute approximate surface area is 120 Å². The third-order valence-electron chi connectivity index (χ3n) is 3.57. The first-order chi connectivity index (χ1) is 8.56. The third-order valence-corrected chi connectivity index (χ3v) is 4.42. The molecule has 1 aromatic carbocycles. The summed E-state index contributed by atoms with van der Waals surface area (Å²) in [5.41, 5.74) is 10.2. The molecule has 0 bridgehead atoms. The Balaban J connectivity index is 2.51. The fourth-order valence-corrected chi connectivity index (χ4v) is 2.78. The number of aryl methyl sites for hydroxylation is 2. The molecule has 102 valence electrons. The van der Waals surface area contributed by atoms with E-state index in [0.717, 1.165) is 6.42 Å². The Bertz CT molecular complexity index is 374. The van der Waals surface area contributed by atoms with Crippen LogP contribution in [0, 0.1) is 13.8 Å². The molecule has 0 radical (unpaired) electrons. The summed E-state index contributed by atoms with van der Waals surface area (Å²) in [6, 6.07) is 4.61. The number of hydrogen-bond donors (Lipinski definition) is 1. The second kappa shape index (κ2) is 7.96. The second-order valence-corrected chi connectivity index (χ2v) is 6.12. The van der Waals surface area contributed by atoms with E-state index in [1.807, 2.05) is 0 Å². The molecule has 0 heterocycles. The van der Waals surface area contributed by atoms with Gasteiger partial charge in [0.25, 0.3) is 0 Å². The van der Waals surface area contributed by atoms with Gasteiger partial charge in [-0.25, -0.2) is 0 Å². The molecule has 1 nitrogen and oxygen atoms in total. The summed E-state index contributed by atoms with van der Waals surface area (Å²) in [6.07, 6.45) is 7.67. The van der Waals surface area contributed by atoms with E-state index in [4.69, 9.17) is 5.73 Å². The maximum atomic E-state index is 6.31. The van der Waals surface area contributed by atoms with Crippen LogP contribution in [0.5, 0.6) is 0 Å². The van der Waals surface area contributed by atoms with Crippen LogP contribution in [0.4, 0.5) is 0 Å². The lowest BCUT2D eigenvalue weighted by Crippen LogP contribution is -2.12. The Morgan fingerprint density at radius 1 is 1.06 bits per heavy atom.